The molecule has 0 aromatic heterocycles. The fraction of sp³-hybridized carbons (Fsp3) is 0.538. The van der Waals surface area contributed by atoms with Crippen LogP contribution in [0.3, 0.4) is 0 Å². The van der Waals surface area contributed by atoms with Gasteiger partial charge in [-0.05, 0) is 11.5 Å². The predicted octanol–water partition coefficient (Wildman–Crippen LogP) is 1.43. The van der Waals surface area contributed by atoms with Gasteiger partial charge in [-0.15, -0.1) is 0 Å². The Morgan fingerprint density at radius 2 is 1.89 bits per heavy atom. The van der Waals surface area contributed by atoms with Gasteiger partial charge >= 0.3 is 0 Å². The highest BCUT2D eigenvalue weighted by molar-refractivity contribution is 7.89. The zero-order valence-electron chi connectivity index (χ0n) is 10.9. The van der Waals surface area contributed by atoms with E-state index in [0.717, 1.165) is 5.56 Å². The summed E-state index contributed by atoms with van der Waals surface area (Å²) in [7, 11) is -3.31. The second-order valence-electron chi connectivity index (χ2n) is 4.31. The largest absolute Gasteiger partial charge is 0.395 e. The Morgan fingerprint density at radius 3 is 2.39 bits per heavy atom. The monoisotopic (exact) mass is 271 g/mol. The Hall–Kier alpha value is -0.910. The number of sulfonamides is 1. The summed E-state index contributed by atoms with van der Waals surface area (Å²) in [5, 5.41) is 8.88. The van der Waals surface area contributed by atoms with E-state index in [9.17, 15) is 8.42 Å². The quantitative estimate of drug-likeness (QED) is 0.816. The molecule has 1 rings (SSSR count). The van der Waals surface area contributed by atoms with E-state index < -0.39 is 10.0 Å². The van der Waals surface area contributed by atoms with Gasteiger partial charge in [-0.25, -0.2) is 8.42 Å². The van der Waals surface area contributed by atoms with Crippen LogP contribution in [0.2, 0.25) is 0 Å². The minimum Gasteiger partial charge on any atom is -0.395 e. The number of hydrogen-bond acceptors (Lipinski definition) is 3. The fourth-order valence-electron chi connectivity index (χ4n) is 1.90. The Morgan fingerprint density at radius 1 is 1.28 bits per heavy atom. The molecule has 1 aromatic carbocycles. The minimum absolute atomic E-state index is 0.0519. The number of aliphatic hydroxyl groups excluding tert-OH is 1. The molecule has 1 N–H and O–H groups in total. The maximum Gasteiger partial charge on any atom is 0.214 e. The van der Waals surface area contributed by atoms with Crippen LogP contribution in [0.5, 0.6) is 0 Å². The number of likely N-dealkylation sites (N-methyl/N-ethyl adjacent to an activating group) is 1. The van der Waals surface area contributed by atoms with Crippen molar-refractivity contribution < 1.29 is 13.5 Å². The van der Waals surface area contributed by atoms with Crippen LogP contribution in [0.1, 0.15) is 25.3 Å². The molecule has 0 spiro atoms. The SMILES string of the molecule is CCN(CCO)S(=O)(=O)CC(C)c1ccccc1. The molecule has 102 valence electrons. The Kier molecular flexibility index (Phi) is 5.78. The molecule has 18 heavy (non-hydrogen) atoms. The van der Waals surface area contributed by atoms with Crippen LogP contribution in [0.4, 0.5) is 0 Å². The van der Waals surface area contributed by atoms with Crippen molar-refractivity contribution in [2.75, 3.05) is 25.4 Å². The third kappa shape index (κ3) is 4.08. The molecule has 0 aliphatic carbocycles. The van der Waals surface area contributed by atoms with E-state index in [1.807, 2.05) is 37.3 Å². The fourth-order valence-corrected chi connectivity index (χ4v) is 3.69. The number of rotatable bonds is 7. The summed E-state index contributed by atoms with van der Waals surface area (Å²) in [4.78, 5) is 0. The van der Waals surface area contributed by atoms with Crippen molar-refractivity contribution in [1.29, 1.82) is 0 Å². The van der Waals surface area contributed by atoms with Gasteiger partial charge in [0, 0.05) is 13.1 Å². The zero-order valence-corrected chi connectivity index (χ0v) is 11.7. The lowest BCUT2D eigenvalue weighted by Gasteiger charge is -2.21. The summed E-state index contributed by atoms with van der Waals surface area (Å²) < 4.78 is 25.6. The summed E-state index contributed by atoms with van der Waals surface area (Å²) in [6.45, 7) is 4.09. The molecule has 0 fully saturated rings. The van der Waals surface area contributed by atoms with Gasteiger partial charge in [0.25, 0.3) is 0 Å². The van der Waals surface area contributed by atoms with Gasteiger partial charge in [0.2, 0.25) is 10.0 Å². The van der Waals surface area contributed by atoms with Crippen LogP contribution >= 0.6 is 0 Å². The molecule has 0 bridgehead atoms. The summed E-state index contributed by atoms with van der Waals surface area (Å²) in [5.74, 6) is 0.0224. The van der Waals surface area contributed by atoms with E-state index in [2.05, 4.69) is 0 Å². The maximum absolute atomic E-state index is 12.2. The first kappa shape index (κ1) is 15.1. The molecule has 0 heterocycles. The zero-order chi connectivity index (χ0) is 13.6. The average Bonchev–Trinajstić information content (AvgIpc) is 2.36. The van der Waals surface area contributed by atoms with Crippen molar-refractivity contribution in [1.82, 2.24) is 4.31 Å². The number of hydrogen-bond donors (Lipinski definition) is 1. The molecular weight excluding hydrogens is 250 g/mol. The molecule has 1 unspecified atom stereocenters. The van der Waals surface area contributed by atoms with Crippen molar-refractivity contribution in [2.45, 2.75) is 19.8 Å². The topological polar surface area (TPSA) is 57.6 Å². The van der Waals surface area contributed by atoms with E-state index in [1.54, 1.807) is 6.92 Å². The van der Waals surface area contributed by atoms with Gasteiger partial charge in [-0.1, -0.05) is 44.2 Å². The third-order valence-electron chi connectivity index (χ3n) is 2.92. The van der Waals surface area contributed by atoms with Crippen LogP contribution in [-0.4, -0.2) is 43.3 Å². The summed E-state index contributed by atoms with van der Waals surface area (Å²) in [6.07, 6.45) is 0. The molecule has 0 saturated carbocycles. The smallest absolute Gasteiger partial charge is 0.214 e. The van der Waals surface area contributed by atoms with Crippen molar-refractivity contribution in [3.05, 3.63) is 35.9 Å². The van der Waals surface area contributed by atoms with E-state index >= 15 is 0 Å². The van der Waals surface area contributed by atoms with E-state index in [1.165, 1.54) is 4.31 Å². The van der Waals surface area contributed by atoms with Gasteiger partial charge in [0.1, 0.15) is 0 Å². The molecule has 0 saturated heterocycles. The van der Waals surface area contributed by atoms with Crippen LogP contribution < -0.4 is 0 Å². The normalized spacial score (nSPS) is 13.8. The van der Waals surface area contributed by atoms with Crippen molar-refractivity contribution >= 4 is 10.0 Å². The van der Waals surface area contributed by atoms with Gasteiger partial charge in [0.05, 0.1) is 12.4 Å². The Labute approximate surface area is 109 Å². The molecule has 4 nitrogen and oxygen atoms in total. The van der Waals surface area contributed by atoms with E-state index in [4.69, 9.17) is 5.11 Å². The first-order chi connectivity index (χ1) is 8.51. The summed E-state index contributed by atoms with van der Waals surface area (Å²) in [6, 6.07) is 9.59. The van der Waals surface area contributed by atoms with Crippen LogP contribution in [-0.2, 0) is 10.0 Å². The molecular formula is C13H21NO3S. The van der Waals surface area contributed by atoms with Crippen molar-refractivity contribution in [2.24, 2.45) is 0 Å². The highest BCUT2D eigenvalue weighted by Crippen LogP contribution is 2.18. The van der Waals surface area contributed by atoms with Crippen molar-refractivity contribution in [3.8, 4) is 0 Å². The average molecular weight is 271 g/mol. The second-order valence-corrected chi connectivity index (χ2v) is 6.32. The van der Waals surface area contributed by atoms with Gasteiger partial charge in [-0.3, -0.25) is 0 Å². The van der Waals surface area contributed by atoms with Gasteiger partial charge < -0.3 is 5.11 Å². The molecule has 0 aliphatic heterocycles. The predicted molar refractivity (Wildman–Crippen MR) is 73.0 cm³/mol. The summed E-state index contributed by atoms with van der Waals surface area (Å²) >= 11 is 0. The first-order valence-corrected chi connectivity index (χ1v) is 7.75. The Bertz CT molecular complexity index is 445. The summed E-state index contributed by atoms with van der Waals surface area (Å²) in [5.41, 5.74) is 1.01. The van der Waals surface area contributed by atoms with Crippen LogP contribution in [0, 0.1) is 0 Å². The molecule has 1 aromatic rings. The number of aliphatic hydroxyl groups is 1. The van der Waals surface area contributed by atoms with Gasteiger partial charge in [-0.2, -0.15) is 4.31 Å². The second kappa shape index (κ2) is 6.87. The van der Waals surface area contributed by atoms with Crippen LogP contribution in [0.15, 0.2) is 30.3 Å². The molecule has 0 aliphatic rings. The lowest BCUT2D eigenvalue weighted by atomic mass is 10.0. The lowest BCUT2D eigenvalue weighted by molar-refractivity contribution is 0.257. The first-order valence-electron chi connectivity index (χ1n) is 6.15. The maximum atomic E-state index is 12.2. The number of benzene rings is 1. The molecule has 0 amide bonds. The highest BCUT2D eigenvalue weighted by atomic mass is 32.2. The van der Waals surface area contributed by atoms with Crippen molar-refractivity contribution in [3.63, 3.8) is 0 Å². The highest BCUT2D eigenvalue weighted by Gasteiger charge is 2.23. The number of nitrogens with zero attached hydrogens (tertiary/aromatic N) is 1. The molecule has 1 atom stereocenters. The molecule has 5 heteroatoms. The van der Waals surface area contributed by atoms with E-state index in [0.29, 0.717) is 6.54 Å². The standard InChI is InChI=1S/C13H21NO3S/c1-3-14(9-10-15)18(16,17)11-12(2)13-7-5-4-6-8-13/h4-8,12,15H,3,9-11H2,1-2H3. The van der Waals surface area contributed by atoms with Crippen LogP contribution in [0.25, 0.3) is 0 Å². The Balaban J connectivity index is 2.76. The molecule has 0 radical (unpaired) electrons. The minimum atomic E-state index is -3.31. The van der Waals surface area contributed by atoms with E-state index in [-0.39, 0.29) is 24.8 Å². The van der Waals surface area contributed by atoms with Gasteiger partial charge in [0.15, 0.2) is 0 Å². The third-order valence-corrected chi connectivity index (χ3v) is 5.07. The lowest BCUT2D eigenvalue weighted by Crippen LogP contribution is -2.36.